The first-order chi connectivity index (χ1) is 9.57. The van der Waals surface area contributed by atoms with Crippen molar-refractivity contribution in [2.24, 2.45) is 5.73 Å². The zero-order valence-corrected chi connectivity index (χ0v) is 11.8. The third-order valence-corrected chi connectivity index (χ3v) is 3.39. The maximum absolute atomic E-state index is 5.94. The van der Waals surface area contributed by atoms with Crippen molar-refractivity contribution in [1.82, 2.24) is 15.0 Å². The summed E-state index contributed by atoms with van der Waals surface area (Å²) in [6.45, 7) is 6.18. The van der Waals surface area contributed by atoms with E-state index < -0.39 is 0 Å². The van der Waals surface area contributed by atoms with Crippen molar-refractivity contribution in [2.45, 2.75) is 25.6 Å². The zero-order valence-electron chi connectivity index (χ0n) is 11.8. The van der Waals surface area contributed by atoms with E-state index in [1.807, 2.05) is 12.1 Å². The van der Waals surface area contributed by atoms with Gasteiger partial charge < -0.3 is 15.4 Å². The maximum Gasteiger partial charge on any atom is 0.180 e. The van der Waals surface area contributed by atoms with E-state index in [0.29, 0.717) is 12.2 Å². The van der Waals surface area contributed by atoms with Crippen LogP contribution in [0.25, 0.3) is 11.2 Å². The summed E-state index contributed by atoms with van der Waals surface area (Å²) in [7, 11) is 0. The second-order valence-corrected chi connectivity index (χ2v) is 5.68. The molecule has 6 nitrogen and oxygen atoms in total. The number of ether oxygens (including phenoxy) is 1. The molecule has 0 radical (unpaired) electrons. The molecule has 1 fully saturated rings. The average molecular weight is 273 g/mol. The predicted molar refractivity (Wildman–Crippen MR) is 77.6 cm³/mol. The SMILES string of the molecule is CC1(C)CN(c2ccc3nccnc3n2)CC(CN)O1. The minimum Gasteiger partial charge on any atom is -0.367 e. The largest absolute Gasteiger partial charge is 0.367 e. The van der Waals surface area contributed by atoms with Crippen molar-refractivity contribution in [2.75, 3.05) is 24.5 Å². The van der Waals surface area contributed by atoms with Crippen LogP contribution in [0.2, 0.25) is 0 Å². The minimum absolute atomic E-state index is 0.0260. The third kappa shape index (κ3) is 2.57. The molecule has 0 spiro atoms. The zero-order chi connectivity index (χ0) is 14.2. The van der Waals surface area contributed by atoms with Crippen LogP contribution in [0.3, 0.4) is 0 Å². The summed E-state index contributed by atoms with van der Waals surface area (Å²) in [4.78, 5) is 15.3. The van der Waals surface area contributed by atoms with Crippen LogP contribution in [-0.4, -0.2) is 46.3 Å². The Hall–Kier alpha value is -1.79. The topological polar surface area (TPSA) is 77.2 Å². The fraction of sp³-hybridized carbons (Fsp3) is 0.500. The van der Waals surface area contributed by atoms with Crippen molar-refractivity contribution >= 4 is 17.0 Å². The molecule has 3 rings (SSSR count). The Bertz CT molecular complexity index is 615. The quantitative estimate of drug-likeness (QED) is 0.878. The smallest absolute Gasteiger partial charge is 0.180 e. The number of hydrogen-bond donors (Lipinski definition) is 1. The molecule has 2 aromatic rings. The summed E-state index contributed by atoms with van der Waals surface area (Å²) in [5.41, 5.74) is 7.00. The maximum atomic E-state index is 5.94. The molecular formula is C14H19N5O. The van der Waals surface area contributed by atoms with Crippen LogP contribution >= 0.6 is 0 Å². The van der Waals surface area contributed by atoms with Crippen molar-refractivity contribution in [3.8, 4) is 0 Å². The first kappa shape index (κ1) is 13.2. The Kier molecular flexibility index (Phi) is 3.27. The van der Waals surface area contributed by atoms with Crippen LogP contribution in [0.15, 0.2) is 24.5 Å². The second-order valence-electron chi connectivity index (χ2n) is 5.68. The average Bonchev–Trinajstić information content (AvgIpc) is 2.45. The van der Waals surface area contributed by atoms with Crippen molar-refractivity contribution in [1.29, 1.82) is 0 Å². The number of nitrogens with two attached hydrogens (primary N) is 1. The first-order valence-electron chi connectivity index (χ1n) is 6.78. The Balaban J connectivity index is 1.93. The lowest BCUT2D eigenvalue weighted by Gasteiger charge is -2.43. The van der Waals surface area contributed by atoms with Gasteiger partial charge in [0.25, 0.3) is 0 Å². The highest BCUT2D eigenvalue weighted by Crippen LogP contribution is 2.25. The summed E-state index contributed by atoms with van der Waals surface area (Å²) in [6, 6.07) is 3.93. The molecule has 1 saturated heterocycles. The fourth-order valence-corrected chi connectivity index (χ4v) is 2.61. The van der Waals surface area contributed by atoms with E-state index in [1.165, 1.54) is 0 Å². The van der Waals surface area contributed by atoms with E-state index in [0.717, 1.165) is 24.4 Å². The number of rotatable bonds is 2. The van der Waals surface area contributed by atoms with Gasteiger partial charge in [0.2, 0.25) is 0 Å². The van der Waals surface area contributed by atoms with Crippen LogP contribution in [0.1, 0.15) is 13.8 Å². The molecular weight excluding hydrogens is 254 g/mol. The molecule has 1 unspecified atom stereocenters. The highest BCUT2D eigenvalue weighted by atomic mass is 16.5. The van der Waals surface area contributed by atoms with Gasteiger partial charge in [0.15, 0.2) is 5.65 Å². The molecule has 2 N–H and O–H groups in total. The van der Waals surface area contributed by atoms with Crippen LogP contribution in [0.5, 0.6) is 0 Å². The van der Waals surface area contributed by atoms with Crippen molar-refractivity contribution in [3.63, 3.8) is 0 Å². The van der Waals surface area contributed by atoms with E-state index in [9.17, 15) is 0 Å². The van der Waals surface area contributed by atoms with E-state index in [-0.39, 0.29) is 11.7 Å². The normalized spacial score (nSPS) is 22.1. The number of fused-ring (bicyclic) bond motifs is 1. The highest BCUT2D eigenvalue weighted by Gasteiger charge is 2.33. The number of nitrogens with zero attached hydrogens (tertiary/aromatic N) is 4. The number of pyridine rings is 1. The summed E-state index contributed by atoms with van der Waals surface area (Å²) in [5, 5.41) is 0. The molecule has 0 aliphatic carbocycles. The van der Waals surface area contributed by atoms with E-state index in [4.69, 9.17) is 10.5 Å². The van der Waals surface area contributed by atoms with E-state index in [1.54, 1.807) is 12.4 Å². The van der Waals surface area contributed by atoms with Crippen molar-refractivity contribution in [3.05, 3.63) is 24.5 Å². The fourth-order valence-electron chi connectivity index (χ4n) is 2.61. The third-order valence-electron chi connectivity index (χ3n) is 3.39. The van der Waals surface area contributed by atoms with Crippen LogP contribution < -0.4 is 10.6 Å². The molecule has 0 aromatic carbocycles. The Labute approximate surface area is 118 Å². The molecule has 0 saturated carbocycles. The van der Waals surface area contributed by atoms with Crippen molar-refractivity contribution < 1.29 is 4.74 Å². The molecule has 1 aliphatic rings. The number of anilines is 1. The number of morpholine rings is 1. The Morgan fingerprint density at radius 1 is 1.35 bits per heavy atom. The van der Waals surface area contributed by atoms with Gasteiger partial charge in [-0.15, -0.1) is 0 Å². The van der Waals surface area contributed by atoms with E-state index >= 15 is 0 Å². The van der Waals surface area contributed by atoms with Gasteiger partial charge >= 0.3 is 0 Å². The molecule has 3 heterocycles. The van der Waals surface area contributed by atoms with Gasteiger partial charge in [-0.2, -0.15) is 0 Å². The lowest BCUT2D eigenvalue weighted by Crippen LogP contribution is -2.55. The molecule has 6 heteroatoms. The molecule has 1 atom stereocenters. The number of hydrogen-bond acceptors (Lipinski definition) is 6. The van der Waals surface area contributed by atoms with Gasteiger partial charge in [-0.1, -0.05) is 0 Å². The van der Waals surface area contributed by atoms with Crippen LogP contribution in [0, 0.1) is 0 Å². The summed E-state index contributed by atoms with van der Waals surface area (Å²) >= 11 is 0. The van der Waals surface area contributed by atoms with Crippen LogP contribution in [-0.2, 0) is 4.74 Å². The summed E-state index contributed by atoms with van der Waals surface area (Å²) in [6.07, 6.45) is 3.36. The standard InChI is InChI=1S/C14H19N5O/c1-14(2)9-19(8-10(7-15)20-14)12-4-3-11-13(18-12)17-6-5-16-11/h3-6,10H,7-9,15H2,1-2H3. The molecule has 2 aromatic heterocycles. The Morgan fingerprint density at radius 2 is 2.15 bits per heavy atom. The van der Waals surface area contributed by atoms with Gasteiger partial charge in [-0.25, -0.2) is 9.97 Å². The lowest BCUT2D eigenvalue weighted by molar-refractivity contribution is -0.0790. The summed E-state index contributed by atoms with van der Waals surface area (Å²) in [5.74, 6) is 0.896. The minimum atomic E-state index is -0.235. The molecule has 0 amide bonds. The van der Waals surface area contributed by atoms with Gasteiger partial charge in [0.05, 0.1) is 11.7 Å². The Morgan fingerprint density at radius 3 is 2.95 bits per heavy atom. The monoisotopic (exact) mass is 273 g/mol. The molecule has 0 bridgehead atoms. The second kappa shape index (κ2) is 4.96. The molecule has 20 heavy (non-hydrogen) atoms. The first-order valence-corrected chi connectivity index (χ1v) is 6.78. The van der Waals surface area contributed by atoms with E-state index in [2.05, 4.69) is 33.7 Å². The molecule has 1 aliphatic heterocycles. The van der Waals surface area contributed by atoms with Crippen LogP contribution in [0.4, 0.5) is 5.82 Å². The predicted octanol–water partition coefficient (Wildman–Crippen LogP) is 0.967. The summed E-state index contributed by atoms with van der Waals surface area (Å²) < 4.78 is 5.94. The van der Waals surface area contributed by atoms with Gasteiger partial charge in [-0.3, -0.25) is 4.98 Å². The van der Waals surface area contributed by atoms with Gasteiger partial charge in [0.1, 0.15) is 11.3 Å². The molecule has 106 valence electrons. The van der Waals surface area contributed by atoms with Gasteiger partial charge in [-0.05, 0) is 26.0 Å². The lowest BCUT2D eigenvalue weighted by atomic mass is 10.1. The highest BCUT2D eigenvalue weighted by molar-refractivity contribution is 5.71. The number of aromatic nitrogens is 3. The van der Waals surface area contributed by atoms with Gasteiger partial charge in [0, 0.05) is 32.0 Å².